The first-order chi connectivity index (χ1) is 12.6. The molecule has 1 radical (unpaired) electrons. The van der Waals surface area contributed by atoms with E-state index in [0.717, 1.165) is 0 Å². The van der Waals surface area contributed by atoms with Gasteiger partial charge in [0, 0.05) is 0 Å². The molecule has 0 aliphatic heterocycles. The zero-order valence-corrected chi connectivity index (χ0v) is 17.7. The van der Waals surface area contributed by atoms with Crippen molar-refractivity contribution >= 4 is 32.6 Å². The Kier molecular flexibility index (Phi) is 6.06. The molecule has 0 fully saturated rings. The normalized spacial score (nSPS) is 15.9. The van der Waals surface area contributed by atoms with Gasteiger partial charge in [-0.1, -0.05) is 0 Å². The molecule has 1 atom stereocenters. The Hall–Kier alpha value is -1.44. The second-order valence-corrected chi connectivity index (χ2v) is 10.3. The van der Waals surface area contributed by atoms with Crippen LogP contribution >= 0.6 is 0 Å². The van der Waals surface area contributed by atoms with E-state index < -0.39 is 49.3 Å². The molecule has 2 rings (SSSR count). The molecule has 0 nitrogen and oxygen atoms in total. The molecular formula is C20H22BF6Si. The fourth-order valence-corrected chi connectivity index (χ4v) is 5.11. The number of alkyl halides is 6. The number of benzene rings is 1. The summed E-state index contributed by atoms with van der Waals surface area (Å²) in [6.07, 6.45) is -9.57. The maximum absolute atomic E-state index is 14.1. The number of hydrogen-bond donors (Lipinski definition) is 0. The van der Waals surface area contributed by atoms with Crippen LogP contribution in [-0.4, -0.2) is 33.2 Å². The molecule has 1 unspecified atom stereocenters. The van der Waals surface area contributed by atoms with Crippen molar-refractivity contribution in [2.24, 2.45) is 0 Å². The van der Waals surface area contributed by atoms with Gasteiger partial charge in [0.05, 0.1) is 0 Å². The predicted octanol–water partition coefficient (Wildman–Crippen LogP) is 6.11. The van der Waals surface area contributed by atoms with Crippen LogP contribution in [0.1, 0.15) is 67.3 Å². The summed E-state index contributed by atoms with van der Waals surface area (Å²) in [7, 11) is 4.98. The van der Waals surface area contributed by atoms with Gasteiger partial charge in [0.25, 0.3) is 0 Å². The summed E-state index contributed by atoms with van der Waals surface area (Å²) in [6.45, 7) is 9.71. The van der Waals surface area contributed by atoms with Crippen LogP contribution in [0.15, 0.2) is 11.6 Å². The third-order valence-corrected chi connectivity index (χ3v) is 6.10. The standard InChI is InChI=1S/C20H22BF6Si/c1-9(2)14-15-13(18(21)11(4)16(15)19(22,23)24)7-12(10(3)8-28(5)6)17(14)20(25,26)27/h7-10H,1-6H3. The Morgan fingerprint density at radius 3 is 1.93 bits per heavy atom. The summed E-state index contributed by atoms with van der Waals surface area (Å²) in [5.74, 6) is -1.31. The average molecular weight is 415 g/mol. The molecule has 0 aromatic heterocycles. The third-order valence-electron chi connectivity index (χ3n) is 4.93. The van der Waals surface area contributed by atoms with Gasteiger partial charge in [-0.05, 0) is 0 Å². The van der Waals surface area contributed by atoms with Gasteiger partial charge >= 0.3 is 163 Å². The molecule has 8 heteroatoms. The number of halogens is 6. The van der Waals surface area contributed by atoms with Crippen molar-refractivity contribution in [3.8, 4) is 0 Å². The van der Waals surface area contributed by atoms with E-state index in [-0.39, 0.29) is 27.7 Å². The summed E-state index contributed by atoms with van der Waals surface area (Å²) in [4.78, 5) is 0. The SMILES string of the molecule is [B]=C1C(C)=C(C(F)(F)F)c2c1cc(C(C)C=[Si](C)C)c(C(F)(F)F)c2C(C)C. The first-order valence-corrected chi connectivity index (χ1v) is 11.5. The van der Waals surface area contributed by atoms with Gasteiger partial charge in [-0.25, -0.2) is 0 Å². The number of fused-ring (bicyclic) bond motifs is 1. The van der Waals surface area contributed by atoms with E-state index in [9.17, 15) is 26.3 Å². The molecule has 28 heavy (non-hydrogen) atoms. The van der Waals surface area contributed by atoms with Crippen molar-refractivity contribution < 1.29 is 26.3 Å². The van der Waals surface area contributed by atoms with Crippen LogP contribution < -0.4 is 0 Å². The number of allylic oxidation sites excluding steroid dienone is 2. The Morgan fingerprint density at radius 2 is 1.54 bits per heavy atom. The second kappa shape index (κ2) is 7.43. The molecule has 0 amide bonds. The molecule has 0 heterocycles. The first kappa shape index (κ1) is 22.8. The average Bonchev–Trinajstić information content (AvgIpc) is 2.75. The van der Waals surface area contributed by atoms with Gasteiger partial charge in [-0.15, -0.1) is 0 Å². The Bertz CT molecular complexity index is 883. The number of rotatable bonds is 3. The summed E-state index contributed by atoms with van der Waals surface area (Å²) < 4.78 is 83.6. The van der Waals surface area contributed by atoms with E-state index >= 15 is 0 Å². The van der Waals surface area contributed by atoms with Crippen LogP contribution in [0, 0.1) is 0 Å². The molecule has 0 spiro atoms. The summed E-state index contributed by atoms with van der Waals surface area (Å²) >= 11 is 0. The Labute approximate surface area is 163 Å². The summed E-state index contributed by atoms with van der Waals surface area (Å²) in [5, 5.41) is 0. The maximum atomic E-state index is 14.1. The van der Waals surface area contributed by atoms with Crippen molar-refractivity contribution in [2.75, 3.05) is 0 Å². The molecule has 1 aliphatic rings. The van der Waals surface area contributed by atoms with Crippen molar-refractivity contribution in [1.82, 2.24) is 0 Å². The molecule has 1 aliphatic carbocycles. The first-order valence-electron chi connectivity index (χ1n) is 8.93. The molecule has 1 aromatic rings. The van der Waals surface area contributed by atoms with Crippen LogP contribution in [0.3, 0.4) is 0 Å². The van der Waals surface area contributed by atoms with Crippen molar-refractivity contribution in [2.45, 2.75) is 65.0 Å². The van der Waals surface area contributed by atoms with Crippen LogP contribution in [-0.2, 0) is 6.18 Å². The fourth-order valence-electron chi connectivity index (χ4n) is 3.93. The molecular weight excluding hydrogens is 393 g/mol. The quantitative estimate of drug-likeness (QED) is 0.413. The van der Waals surface area contributed by atoms with E-state index in [1.807, 2.05) is 18.8 Å². The second-order valence-electron chi connectivity index (χ2n) is 7.77. The zero-order valence-electron chi connectivity index (χ0n) is 16.7. The minimum atomic E-state index is -4.80. The van der Waals surface area contributed by atoms with E-state index in [4.69, 9.17) is 7.49 Å². The summed E-state index contributed by atoms with van der Waals surface area (Å²) in [6, 6.07) is 1.22. The third kappa shape index (κ3) is 3.98. The molecule has 151 valence electrons. The van der Waals surface area contributed by atoms with Crippen LogP contribution in [0.4, 0.5) is 26.3 Å². The monoisotopic (exact) mass is 415 g/mol. The zero-order chi connectivity index (χ0) is 21.8. The molecule has 0 saturated heterocycles. The van der Waals surface area contributed by atoms with Gasteiger partial charge in [-0.3, -0.25) is 0 Å². The van der Waals surface area contributed by atoms with Gasteiger partial charge < -0.3 is 0 Å². The molecule has 0 bridgehead atoms. The van der Waals surface area contributed by atoms with Crippen LogP contribution in [0.25, 0.3) is 5.57 Å². The van der Waals surface area contributed by atoms with Gasteiger partial charge in [0.15, 0.2) is 0 Å². The van der Waals surface area contributed by atoms with Crippen molar-refractivity contribution in [3.05, 3.63) is 39.5 Å². The topological polar surface area (TPSA) is 0 Å². The van der Waals surface area contributed by atoms with E-state index in [0.29, 0.717) is 0 Å². The predicted molar refractivity (Wildman–Crippen MR) is 106 cm³/mol. The molecule has 1 aromatic carbocycles. The van der Waals surface area contributed by atoms with Gasteiger partial charge in [-0.2, -0.15) is 0 Å². The van der Waals surface area contributed by atoms with E-state index in [1.165, 1.54) is 26.8 Å². The number of hydrogen-bond acceptors (Lipinski definition) is 0. The van der Waals surface area contributed by atoms with Crippen molar-refractivity contribution in [1.29, 1.82) is 0 Å². The van der Waals surface area contributed by atoms with Gasteiger partial charge in [0.2, 0.25) is 0 Å². The summed E-state index contributed by atoms with van der Waals surface area (Å²) in [5.41, 5.74) is -1.20. The van der Waals surface area contributed by atoms with E-state index in [2.05, 4.69) is 0 Å². The minimum absolute atomic E-state index is 0.0136. The van der Waals surface area contributed by atoms with Crippen LogP contribution in [0.2, 0.25) is 13.1 Å². The molecule has 0 N–H and O–H groups in total. The van der Waals surface area contributed by atoms with E-state index in [1.54, 1.807) is 6.92 Å². The van der Waals surface area contributed by atoms with Crippen molar-refractivity contribution in [3.63, 3.8) is 0 Å². The molecule has 0 saturated carbocycles. The Balaban J connectivity index is 3.06. The van der Waals surface area contributed by atoms with Gasteiger partial charge in [0.1, 0.15) is 0 Å². The Morgan fingerprint density at radius 1 is 1.00 bits per heavy atom. The fraction of sp³-hybridized carbons (Fsp3) is 0.500. The van der Waals surface area contributed by atoms with Crippen LogP contribution in [0.5, 0.6) is 0 Å².